The van der Waals surface area contributed by atoms with Gasteiger partial charge in [-0.3, -0.25) is 14.2 Å². The molecule has 3 aromatic rings. The van der Waals surface area contributed by atoms with Crippen LogP contribution in [0, 0.1) is 6.92 Å². The van der Waals surface area contributed by atoms with Crippen LogP contribution in [0.2, 0.25) is 0 Å². The molecule has 3 rings (SSSR count). The monoisotopic (exact) mass is 337 g/mol. The summed E-state index contributed by atoms with van der Waals surface area (Å²) in [5.41, 5.74) is 2.33. The Kier molecular flexibility index (Phi) is 4.79. The lowest BCUT2D eigenvalue weighted by Crippen LogP contribution is -2.33. The number of methoxy groups -OCH3 is 1. The summed E-state index contributed by atoms with van der Waals surface area (Å²) >= 11 is 0. The molecule has 0 saturated carbocycles. The fraction of sp³-hybridized carbons (Fsp3) is 0.211. The van der Waals surface area contributed by atoms with E-state index < -0.39 is 0 Å². The number of carbonyl (C=O) groups is 1. The Morgan fingerprint density at radius 2 is 1.88 bits per heavy atom. The summed E-state index contributed by atoms with van der Waals surface area (Å²) in [4.78, 5) is 29.0. The maximum absolute atomic E-state index is 12.4. The van der Waals surface area contributed by atoms with Crippen molar-refractivity contribution in [3.05, 3.63) is 70.1 Å². The fourth-order valence-corrected chi connectivity index (χ4v) is 2.72. The molecular weight excluding hydrogens is 318 g/mol. The predicted molar refractivity (Wildman–Crippen MR) is 95.6 cm³/mol. The number of nitrogens with zero attached hydrogens (tertiary/aromatic N) is 2. The highest BCUT2D eigenvalue weighted by atomic mass is 16.5. The lowest BCUT2D eigenvalue weighted by Gasteiger charge is -2.12. The summed E-state index contributed by atoms with van der Waals surface area (Å²) < 4.78 is 6.73. The maximum atomic E-state index is 12.4. The third kappa shape index (κ3) is 3.52. The van der Waals surface area contributed by atoms with E-state index >= 15 is 0 Å². The van der Waals surface area contributed by atoms with Gasteiger partial charge in [0.05, 0.1) is 18.1 Å². The largest absolute Gasteiger partial charge is 0.496 e. The molecule has 1 heterocycles. The van der Waals surface area contributed by atoms with Crippen molar-refractivity contribution >= 4 is 16.9 Å². The van der Waals surface area contributed by atoms with Crippen molar-refractivity contribution in [2.45, 2.75) is 20.0 Å². The fourth-order valence-electron chi connectivity index (χ4n) is 2.72. The number of hydrogen-bond acceptors (Lipinski definition) is 4. The van der Waals surface area contributed by atoms with Crippen molar-refractivity contribution in [2.24, 2.45) is 0 Å². The molecule has 0 fully saturated rings. The molecule has 1 N–H and O–H groups in total. The van der Waals surface area contributed by atoms with E-state index in [4.69, 9.17) is 4.74 Å². The van der Waals surface area contributed by atoms with Crippen LogP contribution in [0.15, 0.2) is 53.3 Å². The first kappa shape index (κ1) is 16.7. The van der Waals surface area contributed by atoms with Crippen LogP contribution in [0.5, 0.6) is 5.75 Å². The first-order chi connectivity index (χ1) is 12.1. The van der Waals surface area contributed by atoms with Crippen molar-refractivity contribution in [1.82, 2.24) is 14.9 Å². The number of nitrogens with one attached hydrogen (secondary N) is 1. The van der Waals surface area contributed by atoms with Crippen LogP contribution in [0.4, 0.5) is 0 Å². The van der Waals surface area contributed by atoms with Crippen molar-refractivity contribution in [1.29, 1.82) is 0 Å². The van der Waals surface area contributed by atoms with Gasteiger partial charge >= 0.3 is 0 Å². The Morgan fingerprint density at radius 3 is 2.68 bits per heavy atom. The van der Waals surface area contributed by atoms with Crippen LogP contribution < -0.4 is 15.6 Å². The summed E-state index contributed by atoms with van der Waals surface area (Å²) in [6.45, 7) is 1.93. The van der Waals surface area contributed by atoms with E-state index in [1.165, 1.54) is 4.57 Å². The summed E-state index contributed by atoms with van der Waals surface area (Å²) in [7, 11) is 1.59. The van der Waals surface area contributed by atoms with E-state index in [0.29, 0.717) is 29.0 Å². The number of fused-ring (bicyclic) bond motifs is 1. The standard InChI is InChI=1S/C19H19N3O3/c1-13-19(24)22(16-9-5-4-8-15(16)21-13)12-18(23)20-11-14-7-3-6-10-17(14)25-2/h3-10H,11-12H2,1-2H3,(H,20,23). The zero-order chi connectivity index (χ0) is 17.8. The predicted octanol–water partition coefficient (Wildman–Crippen LogP) is 2.03. The second kappa shape index (κ2) is 7.17. The number of ether oxygens (including phenoxy) is 1. The highest BCUT2D eigenvalue weighted by Crippen LogP contribution is 2.16. The average Bonchev–Trinajstić information content (AvgIpc) is 2.64. The first-order valence-electron chi connectivity index (χ1n) is 7.95. The van der Waals surface area contributed by atoms with E-state index in [2.05, 4.69) is 10.3 Å². The number of rotatable bonds is 5. The third-order valence-electron chi connectivity index (χ3n) is 3.99. The zero-order valence-corrected chi connectivity index (χ0v) is 14.2. The van der Waals surface area contributed by atoms with Crippen molar-refractivity contribution in [3.8, 4) is 5.75 Å². The van der Waals surface area contributed by atoms with Gasteiger partial charge in [0.25, 0.3) is 5.56 Å². The molecule has 0 aliphatic heterocycles. The van der Waals surface area contributed by atoms with E-state index in [1.54, 1.807) is 20.1 Å². The molecule has 128 valence electrons. The van der Waals surface area contributed by atoms with Crippen LogP contribution in [0.25, 0.3) is 11.0 Å². The third-order valence-corrected chi connectivity index (χ3v) is 3.99. The molecular formula is C19H19N3O3. The van der Waals surface area contributed by atoms with Gasteiger partial charge in [-0.25, -0.2) is 4.98 Å². The van der Waals surface area contributed by atoms with Crippen molar-refractivity contribution in [3.63, 3.8) is 0 Å². The second-order valence-electron chi connectivity index (χ2n) is 5.67. The molecule has 0 radical (unpaired) electrons. The average molecular weight is 337 g/mol. The Morgan fingerprint density at radius 1 is 1.16 bits per heavy atom. The minimum Gasteiger partial charge on any atom is -0.496 e. The van der Waals surface area contributed by atoms with Gasteiger partial charge in [0, 0.05) is 12.1 Å². The highest BCUT2D eigenvalue weighted by molar-refractivity contribution is 5.80. The van der Waals surface area contributed by atoms with E-state index in [0.717, 1.165) is 5.56 Å². The van der Waals surface area contributed by atoms with E-state index in [9.17, 15) is 9.59 Å². The normalized spacial score (nSPS) is 10.6. The number of para-hydroxylation sites is 3. The number of amides is 1. The molecule has 2 aromatic carbocycles. The number of carbonyl (C=O) groups excluding carboxylic acids is 1. The second-order valence-corrected chi connectivity index (χ2v) is 5.67. The Hall–Kier alpha value is -3.15. The minimum absolute atomic E-state index is 0.0577. The van der Waals surface area contributed by atoms with Gasteiger partial charge in [-0.15, -0.1) is 0 Å². The van der Waals surface area contributed by atoms with Crippen molar-refractivity contribution < 1.29 is 9.53 Å². The molecule has 0 atom stereocenters. The molecule has 0 spiro atoms. The molecule has 0 saturated heterocycles. The molecule has 0 aliphatic rings. The van der Waals surface area contributed by atoms with Crippen LogP contribution in [0.3, 0.4) is 0 Å². The summed E-state index contributed by atoms with van der Waals surface area (Å²) in [6.07, 6.45) is 0. The quantitative estimate of drug-likeness (QED) is 0.773. The number of benzene rings is 2. The van der Waals surface area contributed by atoms with Gasteiger partial charge < -0.3 is 10.1 Å². The SMILES string of the molecule is COc1ccccc1CNC(=O)Cn1c(=O)c(C)nc2ccccc21. The Balaban J connectivity index is 1.81. The Bertz CT molecular complexity index is 979. The van der Waals surface area contributed by atoms with Gasteiger partial charge in [-0.1, -0.05) is 30.3 Å². The van der Waals surface area contributed by atoms with E-state index in [-0.39, 0.29) is 18.0 Å². The molecule has 0 aliphatic carbocycles. The minimum atomic E-state index is -0.258. The molecule has 6 heteroatoms. The molecule has 0 unspecified atom stereocenters. The topological polar surface area (TPSA) is 73.2 Å². The molecule has 25 heavy (non-hydrogen) atoms. The Labute approximate surface area is 145 Å². The number of aryl methyl sites for hydroxylation is 1. The van der Waals surface area contributed by atoms with Gasteiger partial charge in [0.2, 0.25) is 5.91 Å². The van der Waals surface area contributed by atoms with Crippen LogP contribution in [0.1, 0.15) is 11.3 Å². The van der Waals surface area contributed by atoms with Crippen LogP contribution >= 0.6 is 0 Å². The molecule has 1 amide bonds. The summed E-state index contributed by atoms with van der Waals surface area (Å²) in [6, 6.07) is 14.8. The van der Waals surface area contributed by atoms with Gasteiger partial charge in [0.1, 0.15) is 18.0 Å². The van der Waals surface area contributed by atoms with Crippen molar-refractivity contribution in [2.75, 3.05) is 7.11 Å². The van der Waals surface area contributed by atoms with Crippen LogP contribution in [-0.2, 0) is 17.9 Å². The first-order valence-corrected chi connectivity index (χ1v) is 7.95. The summed E-state index contributed by atoms with van der Waals surface area (Å²) in [5.74, 6) is 0.467. The van der Waals surface area contributed by atoms with Gasteiger partial charge in [-0.2, -0.15) is 0 Å². The maximum Gasteiger partial charge on any atom is 0.272 e. The van der Waals surface area contributed by atoms with Crippen LogP contribution in [-0.4, -0.2) is 22.6 Å². The molecule has 6 nitrogen and oxygen atoms in total. The number of hydrogen-bond donors (Lipinski definition) is 1. The van der Waals surface area contributed by atoms with Gasteiger partial charge in [-0.05, 0) is 25.1 Å². The lowest BCUT2D eigenvalue weighted by molar-refractivity contribution is -0.121. The summed E-state index contributed by atoms with van der Waals surface area (Å²) in [5, 5.41) is 2.83. The smallest absolute Gasteiger partial charge is 0.272 e. The van der Waals surface area contributed by atoms with Gasteiger partial charge in [0.15, 0.2) is 0 Å². The van der Waals surface area contributed by atoms with E-state index in [1.807, 2.05) is 42.5 Å². The highest BCUT2D eigenvalue weighted by Gasteiger charge is 2.12. The zero-order valence-electron chi connectivity index (χ0n) is 14.2. The molecule has 1 aromatic heterocycles. The lowest BCUT2D eigenvalue weighted by atomic mass is 10.2. The number of aromatic nitrogens is 2. The molecule has 0 bridgehead atoms.